The van der Waals surface area contributed by atoms with E-state index in [0.717, 1.165) is 16.8 Å². The van der Waals surface area contributed by atoms with Crippen molar-refractivity contribution < 1.29 is 0 Å². The van der Waals surface area contributed by atoms with E-state index < -0.39 is 0 Å². The van der Waals surface area contributed by atoms with Crippen molar-refractivity contribution in [3.63, 3.8) is 0 Å². The van der Waals surface area contributed by atoms with E-state index in [2.05, 4.69) is 24.5 Å². The molecule has 0 heterocycles. The van der Waals surface area contributed by atoms with E-state index in [0.29, 0.717) is 0 Å². The summed E-state index contributed by atoms with van der Waals surface area (Å²) in [4.78, 5) is 0. The van der Waals surface area contributed by atoms with Crippen molar-refractivity contribution >= 4 is 11.8 Å². The number of benzene rings is 1. The minimum atomic E-state index is 1.05. The molecule has 0 unspecified atom stereocenters. The highest BCUT2D eigenvalue weighted by atomic mass is 14.8. The van der Waals surface area contributed by atoms with Crippen LogP contribution in [0.1, 0.15) is 11.1 Å². The van der Waals surface area contributed by atoms with Crippen LogP contribution in [0.5, 0.6) is 0 Å². The molecule has 0 spiro atoms. The minimum Gasteiger partial charge on any atom is -0.388 e. The molecule has 1 aromatic carbocycles. The lowest BCUT2D eigenvalue weighted by molar-refractivity contribution is 1.12. The third-order valence-corrected chi connectivity index (χ3v) is 2.02. The number of nitrogens with one attached hydrogen (secondary N) is 1. The van der Waals surface area contributed by atoms with Crippen LogP contribution in [0, 0.1) is 0 Å². The van der Waals surface area contributed by atoms with Gasteiger partial charge in [0, 0.05) is 18.3 Å². The first-order valence-corrected chi connectivity index (χ1v) is 4.55. The van der Waals surface area contributed by atoms with Gasteiger partial charge in [-0.05, 0) is 11.6 Å². The van der Waals surface area contributed by atoms with E-state index in [1.54, 1.807) is 6.08 Å². The van der Waals surface area contributed by atoms with Gasteiger partial charge in [-0.15, -0.1) is 0 Å². The molecule has 0 saturated heterocycles. The lowest BCUT2D eigenvalue weighted by atomic mass is 10.0. The van der Waals surface area contributed by atoms with E-state index in [9.17, 15) is 0 Å². The predicted molar refractivity (Wildman–Crippen MR) is 63.8 cm³/mol. The second-order valence-electron chi connectivity index (χ2n) is 2.86. The normalized spacial score (nSPS) is 10.8. The Labute approximate surface area is 85.5 Å². The van der Waals surface area contributed by atoms with Gasteiger partial charge in [-0.2, -0.15) is 0 Å². The van der Waals surface area contributed by atoms with Gasteiger partial charge in [-0.1, -0.05) is 49.6 Å². The van der Waals surface area contributed by atoms with Gasteiger partial charge in [0.15, 0.2) is 0 Å². The molecule has 0 amide bonds. The molecule has 0 aliphatic rings. The molecule has 0 bridgehead atoms. The average Bonchev–Trinajstić information content (AvgIpc) is 2.26. The topological polar surface area (TPSA) is 12.0 Å². The van der Waals surface area contributed by atoms with Crippen LogP contribution in [-0.2, 0) is 0 Å². The van der Waals surface area contributed by atoms with Crippen LogP contribution in [-0.4, -0.2) is 7.05 Å². The maximum Gasteiger partial charge on any atom is 0.0417 e. The van der Waals surface area contributed by atoms with Crippen molar-refractivity contribution in [1.29, 1.82) is 0 Å². The van der Waals surface area contributed by atoms with Crippen molar-refractivity contribution in [3.05, 3.63) is 60.7 Å². The van der Waals surface area contributed by atoms with Crippen LogP contribution in [0.2, 0.25) is 0 Å². The Morgan fingerprint density at radius 3 is 2.57 bits per heavy atom. The maximum atomic E-state index is 3.79. The molecular weight excluding hydrogens is 170 g/mol. The summed E-state index contributed by atoms with van der Waals surface area (Å²) in [5, 5.41) is 3.14. The molecule has 1 heteroatoms. The molecule has 0 aliphatic heterocycles. The predicted octanol–water partition coefficient (Wildman–Crippen LogP) is 3.08. The highest BCUT2D eigenvalue weighted by Crippen LogP contribution is 2.17. The zero-order chi connectivity index (χ0) is 10.4. The average molecular weight is 185 g/mol. The Morgan fingerprint density at radius 1 is 1.29 bits per heavy atom. The van der Waals surface area contributed by atoms with Crippen molar-refractivity contribution in [1.82, 2.24) is 5.32 Å². The smallest absolute Gasteiger partial charge is 0.0417 e. The van der Waals surface area contributed by atoms with Crippen LogP contribution in [0.3, 0.4) is 0 Å². The summed E-state index contributed by atoms with van der Waals surface area (Å²) in [6, 6.07) is 8.11. The summed E-state index contributed by atoms with van der Waals surface area (Å²) < 4.78 is 0. The van der Waals surface area contributed by atoms with E-state index in [1.165, 1.54) is 0 Å². The molecule has 1 N–H and O–H groups in total. The van der Waals surface area contributed by atoms with Crippen molar-refractivity contribution in [2.24, 2.45) is 0 Å². The van der Waals surface area contributed by atoms with Gasteiger partial charge in [-0.25, -0.2) is 0 Å². The fourth-order valence-electron chi connectivity index (χ4n) is 1.35. The van der Waals surface area contributed by atoms with Gasteiger partial charge in [0.05, 0.1) is 0 Å². The molecule has 0 fully saturated rings. The molecule has 0 saturated carbocycles. The monoisotopic (exact) mass is 185 g/mol. The van der Waals surface area contributed by atoms with Gasteiger partial charge in [-0.3, -0.25) is 0 Å². The Hall–Kier alpha value is -1.76. The summed E-state index contributed by atoms with van der Waals surface area (Å²) in [6.45, 7) is 7.47. The largest absolute Gasteiger partial charge is 0.388 e. The molecule has 1 nitrogen and oxygen atoms in total. The zero-order valence-electron chi connectivity index (χ0n) is 8.46. The summed E-state index contributed by atoms with van der Waals surface area (Å²) >= 11 is 0. The fourth-order valence-corrected chi connectivity index (χ4v) is 1.35. The molecule has 14 heavy (non-hydrogen) atoms. The van der Waals surface area contributed by atoms with Gasteiger partial charge < -0.3 is 5.32 Å². The third-order valence-electron chi connectivity index (χ3n) is 2.02. The van der Waals surface area contributed by atoms with Gasteiger partial charge >= 0.3 is 0 Å². The first kappa shape index (κ1) is 10.3. The van der Waals surface area contributed by atoms with E-state index in [1.807, 2.05) is 37.4 Å². The van der Waals surface area contributed by atoms with Crippen molar-refractivity contribution in [3.8, 4) is 0 Å². The molecule has 0 aromatic heterocycles. The molecule has 0 aliphatic carbocycles. The number of allylic oxidation sites excluding steroid dienone is 2. The SMILES string of the molecule is C=C/C=C(\NC)c1ccccc1C=C. The Balaban J connectivity index is 3.21. The van der Waals surface area contributed by atoms with Crippen LogP contribution >= 0.6 is 0 Å². The van der Waals surface area contributed by atoms with E-state index >= 15 is 0 Å². The van der Waals surface area contributed by atoms with Gasteiger partial charge in [0.2, 0.25) is 0 Å². The Morgan fingerprint density at radius 2 is 2.00 bits per heavy atom. The first-order valence-electron chi connectivity index (χ1n) is 4.55. The standard InChI is InChI=1S/C13H15N/c1-4-8-13(14-3)12-10-7-6-9-11(12)5-2/h4-10,14H,1-2H2,3H3/b13-8-. The van der Waals surface area contributed by atoms with Crippen molar-refractivity contribution in [2.45, 2.75) is 0 Å². The maximum absolute atomic E-state index is 3.79. The van der Waals surface area contributed by atoms with Crippen LogP contribution in [0.15, 0.2) is 49.6 Å². The number of hydrogen-bond acceptors (Lipinski definition) is 1. The first-order chi connectivity index (χ1) is 6.83. The Kier molecular flexibility index (Phi) is 3.74. The lowest BCUT2D eigenvalue weighted by Gasteiger charge is -2.09. The summed E-state index contributed by atoms with van der Waals surface area (Å²) in [6.07, 6.45) is 5.57. The molecule has 1 aromatic rings. The van der Waals surface area contributed by atoms with E-state index in [4.69, 9.17) is 0 Å². The third kappa shape index (κ3) is 2.13. The molecule has 0 radical (unpaired) electrons. The second kappa shape index (κ2) is 5.07. The van der Waals surface area contributed by atoms with Crippen LogP contribution in [0.4, 0.5) is 0 Å². The number of rotatable bonds is 4. The van der Waals surface area contributed by atoms with Gasteiger partial charge in [0.1, 0.15) is 0 Å². The fraction of sp³-hybridized carbons (Fsp3) is 0.0769. The summed E-state index contributed by atoms with van der Waals surface area (Å²) in [7, 11) is 1.90. The minimum absolute atomic E-state index is 1.05. The van der Waals surface area contributed by atoms with Gasteiger partial charge in [0.25, 0.3) is 0 Å². The molecular formula is C13H15N. The molecule has 0 atom stereocenters. The molecule has 1 rings (SSSR count). The Bertz CT molecular complexity index is 361. The highest BCUT2D eigenvalue weighted by molar-refractivity contribution is 5.73. The molecule has 72 valence electrons. The lowest BCUT2D eigenvalue weighted by Crippen LogP contribution is -2.05. The van der Waals surface area contributed by atoms with E-state index in [-0.39, 0.29) is 0 Å². The second-order valence-corrected chi connectivity index (χ2v) is 2.86. The summed E-state index contributed by atoms with van der Waals surface area (Å²) in [5.41, 5.74) is 3.32. The zero-order valence-corrected chi connectivity index (χ0v) is 8.46. The quantitative estimate of drug-likeness (QED) is 0.711. The highest BCUT2D eigenvalue weighted by Gasteiger charge is 2.01. The van der Waals surface area contributed by atoms with Crippen LogP contribution < -0.4 is 5.32 Å². The van der Waals surface area contributed by atoms with Crippen LogP contribution in [0.25, 0.3) is 11.8 Å². The number of hydrogen-bond donors (Lipinski definition) is 1. The summed E-state index contributed by atoms with van der Waals surface area (Å²) in [5.74, 6) is 0. The van der Waals surface area contributed by atoms with Crippen molar-refractivity contribution in [2.75, 3.05) is 7.05 Å².